The lowest BCUT2D eigenvalue weighted by Crippen LogP contribution is -2.38. The smallest absolute Gasteiger partial charge is 0.349 e. The molecule has 0 saturated heterocycles. The van der Waals surface area contributed by atoms with Gasteiger partial charge in [0.15, 0.2) is 6.10 Å². The van der Waals surface area contributed by atoms with Crippen LogP contribution in [-0.4, -0.2) is 24.5 Å². The van der Waals surface area contributed by atoms with Gasteiger partial charge in [-0.15, -0.1) is 0 Å². The van der Waals surface area contributed by atoms with Gasteiger partial charge in [0.25, 0.3) is 5.91 Å². The monoisotopic (exact) mass is 390 g/mol. The number of amides is 1. The standard InChI is InChI=1S/C24H26N2O3/c1-4-20(21-8-6-5-7-9-21)16-26-23(27)18(3)29-24(28)22(15-25)14-19-12-10-17(2)11-13-19/h5-14,18,20H,4,16H2,1-3H3,(H,26,27)/b22-14+/t18-,20-/m0/s1. The zero-order valence-corrected chi connectivity index (χ0v) is 17.0. The largest absolute Gasteiger partial charge is 0.448 e. The molecule has 0 bridgehead atoms. The predicted molar refractivity (Wildman–Crippen MR) is 113 cm³/mol. The third-order valence-electron chi connectivity index (χ3n) is 4.67. The van der Waals surface area contributed by atoms with E-state index >= 15 is 0 Å². The van der Waals surface area contributed by atoms with Crippen LogP contribution in [0, 0.1) is 18.3 Å². The van der Waals surface area contributed by atoms with Gasteiger partial charge in [-0.25, -0.2) is 4.79 Å². The van der Waals surface area contributed by atoms with Crippen molar-refractivity contribution in [2.24, 2.45) is 0 Å². The maximum atomic E-state index is 12.3. The number of esters is 1. The van der Waals surface area contributed by atoms with Crippen molar-refractivity contribution in [1.29, 1.82) is 5.26 Å². The molecule has 1 amide bonds. The highest BCUT2D eigenvalue weighted by molar-refractivity contribution is 5.99. The second-order valence-corrected chi connectivity index (χ2v) is 6.89. The third kappa shape index (κ3) is 6.62. The molecule has 5 nitrogen and oxygen atoms in total. The fourth-order valence-electron chi connectivity index (χ4n) is 2.83. The molecule has 1 N–H and O–H groups in total. The summed E-state index contributed by atoms with van der Waals surface area (Å²) in [5.41, 5.74) is 2.79. The first-order valence-electron chi connectivity index (χ1n) is 9.66. The maximum Gasteiger partial charge on any atom is 0.349 e. The van der Waals surface area contributed by atoms with E-state index in [0.29, 0.717) is 6.54 Å². The van der Waals surface area contributed by atoms with Crippen molar-refractivity contribution in [1.82, 2.24) is 5.32 Å². The Morgan fingerprint density at radius 1 is 1.14 bits per heavy atom. The lowest BCUT2D eigenvalue weighted by Gasteiger charge is -2.18. The van der Waals surface area contributed by atoms with Crippen LogP contribution >= 0.6 is 0 Å². The van der Waals surface area contributed by atoms with Crippen LogP contribution in [0.1, 0.15) is 42.9 Å². The molecule has 0 unspecified atom stereocenters. The Labute approximate surface area is 172 Å². The number of nitrogens with one attached hydrogen (secondary N) is 1. The van der Waals surface area contributed by atoms with Gasteiger partial charge in [-0.05, 0) is 37.5 Å². The molecule has 150 valence electrons. The molecule has 0 spiro atoms. The van der Waals surface area contributed by atoms with Crippen LogP contribution in [0.2, 0.25) is 0 Å². The number of rotatable bonds is 8. The average Bonchev–Trinajstić information content (AvgIpc) is 2.74. The van der Waals surface area contributed by atoms with Gasteiger partial charge in [-0.1, -0.05) is 67.1 Å². The summed E-state index contributed by atoms with van der Waals surface area (Å²) in [5.74, 6) is -1.02. The molecule has 2 aromatic rings. The molecule has 5 heteroatoms. The topological polar surface area (TPSA) is 79.2 Å². The van der Waals surface area contributed by atoms with Crippen LogP contribution in [0.15, 0.2) is 60.2 Å². The lowest BCUT2D eigenvalue weighted by atomic mass is 9.96. The molecular formula is C24H26N2O3. The highest BCUT2D eigenvalue weighted by Gasteiger charge is 2.21. The normalized spacial score (nSPS) is 13.1. The maximum absolute atomic E-state index is 12.3. The number of benzene rings is 2. The van der Waals surface area contributed by atoms with Crippen LogP contribution in [0.4, 0.5) is 0 Å². The van der Waals surface area contributed by atoms with Gasteiger partial charge in [-0.2, -0.15) is 5.26 Å². The van der Waals surface area contributed by atoms with Gasteiger partial charge in [0, 0.05) is 12.5 Å². The Morgan fingerprint density at radius 3 is 2.38 bits per heavy atom. The van der Waals surface area contributed by atoms with E-state index in [1.807, 2.05) is 67.6 Å². The first kappa shape index (κ1) is 21.9. The number of hydrogen-bond acceptors (Lipinski definition) is 4. The van der Waals surface area contributed by atoms with E-state index in [9.17, 15) is 14.9 Å². The summed E-state index contributed by atoms with van der Waals surface area (Å²) in [5, 5.41) is 12.1. The fraction of sp³-hybridized carbons (Fsp3) is 0.292. The number of ether oxygens (including phenoxy) is 1. The SMILES string of the molecule is CC[C@@H](CNC(=O)[C@H](C)OC(=O)/C(C#N)=C/c1ccc(C)cc1)c1ccccc1. The van der Waals surface area contributed by atoms with Crippen LogP contribution in [0.25, 0.3) is 6.08 Å². The van der Waals surface area contributed by atoms with Crippen molar-refractivity contribution in [3.05, 3.63) is 76.9 Å². The molecule has 0 aromatic heterocycles. The van der Waals surface area contributed by atoms with Gasteiger partial charge in [-0.3, -0.25) is 4.79 Å². The number of hydrogen-bond donors (Lipinski definition) is 1. The van der Waals surface area contributed by atoms with Crippen molar-refractivity contribution in [3.8, 4) is 6.07 Å². The Kier molecular flexibility index (Phi) is 8.17. The Hall–Kier alpha value is -3.39. The summed E-state index contributed by atoms with van der Waals surface area (Å²) in [7, 11) is 0. The van der Waals surface area contributed by atoms with Crippen LogP contribution in [0.5, 0.6) is 0 Å². The molecule has 2 atom stereocenters. The summed E-state index contributed by atoms with van der Waals surface area (Å²) in [6, 6.07) is 19.2. The zero-order valence-electron chi connectivity index (χ0n) is 17.0. The molecule has 0 heterocycles. The number of carbonyl (C=O) groups excluding carboxylic acids is 2. The highest BCUT2D eigenvalue weighted by Crippen LogP contribution is 2.18. The van der Waals surface area contributed by atoms with E-state index in [2.05, 4.69) is 12.2 Å². The second-order valence-electron chi connectivity index (χ2n) is 6.89. The van der Waals surface area contributed by atoms with Crippen molar-refractivity contribution in [2.75, 3.05) is 6.54 Å². The fourth-order valence-corrected chi connectivity index (χ4v) is 2.83. The van der Waals surface area contributed by atoms with Crippen LogP contribution < -0.4 is 5.32 Å². The third-order valence-corrected chi connectivity index (χ3v) is 4.67. The van der Waals surface area contributed by atoms with Crippen LogP contribution in [0.3, 0.4) is 0 Å². The minimum Gasteiger partial charge on any atom is -0.448 e. The van der Waals surface area contributed by atoms with Crippen molar-refractivity contribution in [3.63, 3.8) is 0 Å². The van der Waals surface area contributed by atoms with Crippen molar-refractivity contribution < 1.29 is 14.3 Å². The van der Waals surface area contributed by atoms with E-state index in [1.165, 1.54) is 13.0 Å². The molecule has 0 aliphatic rings. The van der Waals surface area contributed by atoms with Gasteiger partial charge >= 0.3 is 5.97 Å². The minimum absolute atomic E-state index is 0.149. The summed E-state index contributed by atoms with van der Waals surface area (Å²) in [4.78, 5) is 24.6. The molecule has 2 aromatic carbocycles. The molecule has 0 radical (unpaired) electrons. The van der Waals surface area contributed by atoms with Crippen molar-refractivity contribution >= 4 is 18.0 Å². The summed E-state index contributed by atoms with van der Waals surface area (Å²) in [6.45, 7) is 5.96. The molecule has 0 fully saturated rings. The van der Waals surface area contributed by atoms with E-state index < -0.39 is 12.1 Å². The van der Waals surface area contributed by atoms with Gasteiger partial charge in [0.2, 0.25) is 0 Å². The van der Waals surface area contributed by atoms with Crippen LogP contribution in [-0.2, 0) is 14.3 Å². The number of nitrogens with zero attached hydrogens (tertiary/aromatic N) is 1. The van der Waals surface area contributed by atoms with E-state index in [1.54, 1.807) is 0 Å². The molecular weight excluding hydrogens is 364 g/mol. The quantitative estimate of drug-likeness (QED) is 0.417. The average molecular weight is 390 g/mol. The van der Waals surface area contributed by atoms with Gasteiger partial charge < -0.3 is 10.1 Å². The van der Waals surface area contributed by atoms with E-state index in [4.69, 9.17) is 4.74 Å². The lowest BCUT2D eigenvalue weighted by molar-refractivity contribution is -0.150. The molecule has 2 rings (SSSR count). The first-order chi connectivity index (χ1) is 13.9. The number of nitriles is 1. The highest BCUT2D eigenvalue weighted by atomic mass is 16.5. The van der Waals surface area contributed by atoms with E-state index in [0.717, 1.165) is 23.1 Å². The second kappa shape index (κ2) is 10.8. The summed E-state index contributed by atoms with van der Waals surface area (Å²) >= 11 is 0. The summed E-state index contributed by atoms with van der Waals surface area (Å²) in [6.07, 6.45) is 1.33. The molecule has 0 saturated carbocycles. The first-order valence-corrected chi connectivity index (χ1v) is 9.66. The molecule has 29 heavy (non-hydrogen) atoms. The number of carbonyl (C=O) groups is 2. The zero-order chi connectivity index (χ0) is 21.2. The molecule has 0 aliphatic carbocycles. The van der Waals surface area contributed by atoms with E-state index in [-0.39, 0.29) is 17.4 Å². The molecule has 0 aliphatic heterocycles. The Balaban J connectivity index is 1.94. The van der Waals surface area contributed by atoms with Crippen molar-refractivity contribution in [2.45, 2.75) is 39.2 Å². The van der Waals surface area contributed by atoms with Gasteiger partial charge in [0.1, 0.15) is 11.6 Å². The minimum atomic E-state index is -0.995. The number of aryl methyl sites for hydroxylation is 1. The predicted octanol–water partition coefficient (Wildman–Crippen LogP) is 4.14. The Morgan fingerprint density at radius 2 is 1.79 bits per heavy atom. The Bertz CT molecular complexity index is 896. The van der Waals surface area contributed by atoms with Gasteiger partial charge in [0.05, 0.1) is 0 Å². The summed E-state index contributed by atoms with van der Waals surface area (Å²) < 4.78 is 5.19.